The van der Waals surface area contributed by atoms with Crippen LogP contribution in [0.4, 0.5) is 11.4 Å². The molecule has 9 heteroatoms. The summed E-state index contributed by atoms with van der Waals surface area (Å²) < 4.78 is 0. The van der Waals surface area contributed by atoms with Crippen molar-refractivity contribution in [3.8, 4) is 0 Å². The second-order valence-corrected chi connectivity index (χ2v) is 7.36. The van der Waals surface area contributed by atoms with Gasteiger partial charge in [0.2, 0.25) is 0 Å². The number of benzene rings is 1. The van der Waals surface area contributed by atoms with Crippen LogP contribution in [0.5, 0.6) is 0 Å². The van der Waals surface area contributed by atoms with Gasteiger partial charge in [-0.15, -0.1) is 11.3 Å². The monoisotopic (exact) mass is 400 g/mol. The molecule has 7 nitrogen and oxygen atoms in total. The first-order valence-electron chi connectivity index (χ1n) is 8.03. The summed E-state index contributed by atoms with van der Waals surface area (Å²) in [5.74, 6) is -0.132. The van der Waals surface area contributed by atoms with E-state index in [0.29, 0.717) is 23.5 Å². The van der Waals surface area contributed by atoms with Crippen LogP contribution < -0.4 is 5.32 Å². The Labute approximate surface area is 163 Å². The summed E-state index contributed by atoms with van der Waals surface area (Å²) in [5.41, 5.74) is 1.40. The van der Waals surface area contributed by atoms with Crippen molar-refractivity contribution >= 4 is 40.2 Å². The van der Waals surface area contributed by atoms with Crippen molar-refractivity contribution in [3.05, 3.63) is 85.3 Å². The SMILES string of the molecule is O=C1c2cccnc2[C@H](Nc2ccc(Cl)c([N+](=O)[O-])c2)N1Cc1cccs1. The number of halogens is 1. The number of fused-ring (bicyclic) bond motifs is 1. The molecule has 3 aromatic rings. The van der Waals surface area contributed by atoms with E-state index in [9.17, 15) is 14.9 Å². The number of nitro benzene ring substituents is 1. The maximum atomic E-state index is 12.9. The number of carbonyl (C=O) groups is 1. The first kappa shape index (κ1) is 17.4. The van der Waals surface area contributed by atoms with E-state index in [1.165, 1.54) is 12.1 Å². The molecule has 0 bridgehead atoms. The third-order valence-corrected chi connectivity index (χ3v) is 5.43. The standard InChI is InChI=1S/C18H13ClN4O3S/c19-14-6-5-11(9-15(14)23(25)26)21-17-16-13(4-1-7-20-16)18(24)22(17)10-12-3-2-8-27-12/h1-9,17,21H,10H2/t17-/m1/s1. The minimum atomic E-state index is -0.539. The molecule has 1 N–H and O–H groups in total. The van der Waals surface area contributed by atoms with Crippen LogP contribution in [0.3, 0.4) is 0 Å². The summed E-state index contributed by atoms with van der Waals surface area (Å²) in [6.45, 7) is 0.417. The van der Waals surface area contributed by atoms with Crippen molar-refractivity contribution in [1.29, 1.82) is 0 Å². The molecule has 3 heterocycles. The topological polar surface area (TPSA) is 88.4 Å². The van der Waals surface area contributed by atoms with E-state index in [0.717, 1.165) is 4.88 Å². The maximum absolute atomic E-state index is 12.9. The van der Waals surface area contributed by atoms with Crippen LogP contribution in [0.15, 0.2) is 54.0 Å². The predicted octanol–water partition coefficient (Wildman–Crippen LogP) is 4.47. The van der Waals surface area contributed by atoms with Crippen molar-refractivity contribution in [2.45, 2.75) is 12.7 Å². The van der Waals surface area contributed by atoms with Gasteiger partial charge in [-0.3, -0.25) is 19.9 Å². The molecule has 27 heavy (non-hydrogen) atoms. The molecule has 1 aliphatic heterocycles. The Morgan fingerprint density at radius 1 is 1.30 bits per heavy atom. The quantitative estimate of drug-likeness (QED) is 0.504. The number of rotatable bonds is 5. The first-order chi connectivity index (χ1) is 13.0. The number of aromatic nitrogens is 1. The summed E-state index contributed by atoms with van der Waals surface area (Å²) >= 11 is 7.45. The molecule has 0 radical (unpaired) electrons. The van der Waals surface area contributed by atoms with Crippen LogP contribution >= 0.6 is 22.9 Å². The number of nitrogens with zero attached hydrogens (tertiary/aromatic N) is 3. The number of nitro groups is 1. The van der Waals surface area contributed by atoms with Crippen LogP contribution in [-0.4, -0.2) is 20.7 Å². The van der Waals surface area contributed by atoms with Gasteiger partial charge in [-0.2, -0.15) is 0 Å². The van der Waals surface area contributed by atoms with Crippen molar-refractivity contribution in [2.75, 3.05) is 5.32 Å². The van der Waals surface area contributed by atoms with E-state index in [-0.39, 0.29) is 16.6 Å². The zero-order valence-corrected chi connectivity index (χ0v) is 15.4. The van der Waals surface area contributed by atoms with Crippen LogP contribution in [0.2, 0.25) is 5.02 Å². The third kappa shape index (κ3) is 3.24. The normalized spacial score (nSPS) is 15.7. The minimum Gasteiger partial charge on any atom is -0.360 e. The molecule has 0 fully saturated rings. The molecule has 0 saturated carbocycles. The summed E-state index contributed by atoms with van der Waals surface area (Å²) in [6, 6.07) is 11.8. The Bertz CT molecular complexity index is 1030. The lowest BCUT2D eigenvalue weighted by molar-refractivity contribution is -0.384. The van der Waals surface area contributed by atoms with Gasteiger partial charge in [-0.05, 0) is 35.7 Å². The van der Waals surface area contributed by atoms with Crippen molar-refractivity contribution in [2.24, 2.45) is 0 Å². The van der Waals surface area contributed by atoms with E-state index < -0.39 is 11.1 Å². The molecule has 1 amide bonds. The molecular weight excluding hydrogens is 388 g/mol. The van der Waals surface area contributed by atoms with Gasteiger partial charge >= 0.3 is 0 Å². The summed E-state index contributed by atoms with van der Waals surface area (Å²) in [6.07, 6.45) is 1.09. The molecule has 136 valence electrons. The van der Waals surface area contributed by atoms with Gasteiger partial charge in [0.05, 0.1) is 22.7 Å². The van der Waals surface area contributed by atoms with Gasteiger partial charge in [-0.25, -0.2) is 0 Å². The van der Waals surface area contributed by atoms with Gasteiger partial charge in [0.15, 0.2) is 0 Å². The van der Waals surface area contributed by atoms with Crippen LogP contribution in [0.1, 0.15) is 27.1 Å². The van der Waals surface area contributed by atoms with E-state index in [2.05, 4.69) is 10.3 Å². The van der Waals surface area contributed by atoms with Crippen molar-refractivity contribution < 1.29 is 9.72 Å². The Morgan fingerprint density at radius 3 is 2.89 bits per heavy atom. The molecule has 0 unspecified atom stereocenters. The fourth-order valence-corrected chi connectivity index (χ4v) is 3.91. The van der Waals surface area contributed by atoms with Gasteiger partial charge in [0.1, 0.15) is 11.2 Å². The second kappa shape index (κ2) is 6.98. The van der Waals surface area contributed by atoms with E-state index in [4.69, 9.17) is 11.6 Å². The summed E-state index contributed by atoms with van der Waals surface area (Å²) in [4.78, 5) is 30.6. The van der Waals surface area contributed by atoms with Gasteiger partial charge in [0, 0.05) is 22.8 Å². The van der Waals surface area contributed by atoms with E-state index >= 15 is 0 Å². The lowest BCUT2D eigenvalue weighted by Crippen LogP contribution is -2.31. The van der Waals surface area contributed by atoms with Crippen LogP contribution in [0.25, 0.3) is 0 Å². The average molecular weight is 401 g/mol. The highest BCUT2D eigenvalue weighted by Crippen LogP contribution is 2.36. The fraction of sp³-hybridized carbons (Fsp3) is 0.111. The molecule has 0 spiro atoms. The largest absolute Gasteiger partial charge is 0.360 e. The fourth-order valence-electron chi connectivity index (χ4n) is 3.02. The van der Waals surface area contributed by atoms with Gasteiger partial charge < -0.3 is 10.2 Å². The average Bonchev–Trinajstić information content (AvgIpc) is 3.26. The first-order valence-corrected chi connectivity index (χ1v) is 9.29. The van der Waals surface area contributed by atoms with Gasteiger partial charge in [0.25, 0.3) is 11.6 Å². The number of hydrogen-bond donors (Lipinski definition) is 1. The highest BCUT2D eigenvalue weighted by Gasteiger charge is 2.38. The maximum Gasteiger partial charge on any atom is 0.289 e. The molecule has 1 aliphatic rings. The number of anilines is 1. The van der Waals surface area contributed by atoms with E-state index in [1.54, 1.807) is 40.6 Å². The Hall–Kier alpha value is -2.97. The number of nitrogens with one attached hydrogen (secondary N) is 1. The highest BCUT2D eigenvalue weighted by atomic mass is 35.5. The number of carbonyl (C=O) groups excluding carboxylic acids is 1. The Balaban J connectivity index is 1.70. The Morgan fingerprint density at radius 2 is 2.15 bits per heavy atom. The molecule has 0 aliphatic carbocycles. The summed E-state index contributed by atoms with van der Waals surface area (Å²) in [7, 11) is 0. The molecule has 1 atom stereocenters. The van der Waals surface area contributed by atoms with Crippen molar-refractivity contribution in [3.63, 3.8) is 0 Å². The van der Waals surface area contributed by atoms with Gasteiger partial charge in [-0.1, -0.05) is 17.7 Å². The number of pyridine rings is 1. The third-order valence-electron chi connectivity index (χ3n) is 4.25. The molecule has 0 saturated heterocycles. The predicted molar refractivity (Wildman–Crippen MR) is 103 cm³/mol. The lowest BCUT2D eigenvalue weighted by atomic mass is 10.2. The number of thiophene rings is 1. The molecule has 1 aromatic carbocycles. The molecular formula is C18H13ClN4O3S. The van der Waals surface area contributed by atoms with Crippen LogP contribution in [-0.2, 0) is 6.54 Å². The Kier molecular flexibility index (Phi) is 4.51. The van der Waals surface area contributed by atoms with Crippen molar-refractivity contribution in [1.82, 2.24) is 9.88 Å². The molecule has 4 rings (SSSR count). The number of hydrogen-bond acceptors (Lipinski definition) is 6. The van der Waals surface area contributed by atoms with Crippen LogP contribution in [0, 0.1) is 10.1 Å². The minimum absolute atomic E-state index is 0.0574. The second-order valence-electron chi connectivity index (χ2n) is 5.92. The number of amides is 1. The van der Waals surface area contributed by atoms with E-state index in [1.807, 2.05) is 17.5 Å². The smallest absolute Gasteiger partial charge is 0.289 e. The molecule has 2 aromatic heterocycles. The zero-order chi connectivity index (χ0) is 19.0. The summed E-state index contributed by atoms with van der Waals surface area (Å²) in [5, 5.41) is 16.4. The zero-order valence-electron chi connectivity index (χ0n) is 13.8. The highest BCUT2D eigenvalue weighted by molar-refractivity contribution is 7.09. The lowest BCUT2D eigenvalue weighted by Gasteiger charge is -2.26.